The molecule has 0 aliphatic carbocycles. The van der Waals surface area contributed by atoms with E-state index >= 15 is 0 Å². The topological polar surface area (TPSA) is 47.0 Å². The maximum atomic E-state index is 12.1. The molecule has 0 unspecified atom stereocenters. The SMILES string of the molecule is COCCNCc1nnc(C(F)(F)F)s1. The quantitative estimate of drug-likeness (QED) is 0.789. The van der Waals surface area contributed by atoms with Gasteiger partial charge in [0.25, 0.3) is 0 Å². The van der Waals surface area contributed by atoms with Crippen molar-refractivity contribution in [2.24, 2.45) is 0 Å². The standard InChI is InChI=1S/C7H10F3N3OS/c1-14-3-2-11-4-5-12-13-6(15-5)7(8,9)10/h11H,2-4H2,1H3. The lowest BCUT2D eigenvalue weighted by Gasteiger charge is -2.00. The van der Waals surface area contributed by atoms with E-state index in [0.29, 0.717) is 29.5 Å². The lowest BCUT2D eigenvalue weighted by molar-refractivity contribution is -0.138. The van der Waals surface area contributed by atoms with Crippen molar-refractivity contribution in [2.75, 3.05) is 20.3 Å². The molecule has 8 heteroatoms. The van der Waals surface area contributed by atoms with Crippen LogP contribution in [0.25, 0.3) is 0 Å². The van der Waals surface area contributed by atoms with Crippen LogP contribution >= 0.6 is 11.3 Å². The van der Waals surface area contributed by atoms with Gasteiger partial charge in [0.15, 0.2) is 0 Å². The van der Waals surface area contributed by atoms with Crippen LogP contribution in [0.15, 0.2) is 0 Å². The number of ether oxygens (including phenoxy) is 1. The Bertz CT molecular complexity index is 302. The minimum atomic E-state index is -4.40. The zero-order valence-corrected chi connectivity index (χ0v) is 8.78. The number of methoxy groups -OCH3 is 1. The van der Waals surface area contributed by atoms with Crippen LogP contribution in [0, 0.1) is 0 Å². The largest absolute Gasteiger partial charge is 0.445 e. The normalized spacial score (nSPS) is 12.0. The Hall–Kier alpha value is -0.730. The molecule has 1 rings (SSSR count). The Balaban J connectivity index is 2.40. The number of alkyl halides is 3. The summed E-state index contributed by atoms with van der Waals surface area (Å²) in [5.41, 5.74) is 0. The highest BCUT2D eigenvalue weighted by Crippen LogP contribution is 2.31. The van der Waals surface area contributed by atoms with Crippen molar-refractivity contribution in [3.63, 3.8) is 0 Å². The van der Waals surface area contributed by atoms with Gasteiger partial charge in [0, 0.05) is 20.2 Å². The number of rotatable bonds is 5. The Kier molecular flexibility index (Phi) is 4.43. The average molecular weight is 241 g/mol. The van der Waals surface area contributed by atoms with Gasteiger partial charge in [-0.05, 0) is 0 Å². The van der Waals surface area contributed by atoms with Crippen LogP contribution in [0.1, 0.15) is 10.0 Å². The van der Waals surface area contributed by atoms with Gasteiger partial charge in [-0.2, -0.15) is 13.2 Å². The van der Waals surface area contributed by atoms with Crippen LogP contribution in [0.3, 0.4) is 0 Å². The molecule has 1 aromatic heterocycles. The van der Waals surface area contributed by atoms with Crippen molar-refractivity contribution < 1.29 is 17.9 Å². The minimum Gasteiger partial charge on any atom is -0.383 e. The fourth-order valence-electron chi connectivity index (χ4n) is 0.809. The maximum Gasteiger partial charge on any atom is 0.445 e. The second-order valence-electron chi connectivity index (χ2n) is 2.67. The van der Waals surface area contributed by atoms with E-state index in [-0.39, 0.29) is 6.54 Å². The Labute approximate surface area is 88.5 Å². The highest BCUT2D eigenvalue weighted by atomic mass is 32.1. The van der Waals surface area contributed by atoms with Gasteiger partial charge in [0.2, 0.25) is 5.01 Å². The molecule has 4 nitrogen and oxygen atoms in total. The lowest BCUT2D eigenvalue weighted by atomic mass is 10.6. The molecule has 1 N–H and O–H groups in total. The Morgan fingerprint density at radius 2 is 2.13 bits per heavy atom. The van der Waals surface area contributed by atoms with E-state index < -0.39 is 11.2 Å². The van der Waals surface area contributed by atoms with E-state index in [1.807, 2.05) is 0 Å². The lowest BCUT2D eigenvalue weighted by Crippen LogP contribution is -2.18. The molecule has 86 valence electrons. The third kappa shape index (κ3) is 4.10. The van der Waals surface area contributed by atoms with Crippen LogP contribution in [-0.4, -0.2) is 30.5 Å². The molecule has 0 aliphatic rings. The van der Waals surface area contributed by atoms with E-state index in [4.69, 9.17) is 4.74 Å². The number of nitrogens with zero attached hydrogens (tertiary/aromatic N) is 2. The number of hydrogen-bond donors (Lipinski definition) is 1. The Morgan fingerprint density at radius 3 is 2.67 bits per heavy atom. The van der Waals surface area contributed by atoms with E-state index in [0.717, 1.165) is 0 Å². The average Bonchev–Trinajstić information content (AvgIpc) is 2.60. The first kappa shape index (κ1) is 12.3. The number of aromatic nitrogens is 2. The van der Waals surface area contributed by atoms with Gasteiger partial charge in [-0.1, -0.05) is 11.3 Å². The summed E-state index contributed by atoms with van der Waals surface area (Å²) in [6.45, 7) is 1.35. The highest BCUT2D eigenvalue weighted by Gasteiger charge is 2.35. The molecular formula is C7H10F3N3OS. The molecule has 1 heterocycles. The van der Waals surface area contributed by atoms with Crippen molar-refractivity contribution in [3.8, 4) is 0 Å². The van der Waals surface area contributed by atoms with Gasteiger partial charge in [0.1, 0.15) is 5.01 Å². The van der Waals surface area contributed by atoms with Crippen molar-refractivity contribution >= 4 is 11.3 Å². The summed E-state index contributed by atoms with van der Waals surface area (Å²) in [5.74, 6) is 0. The molecule has 0 saturated carbocycles. The summed E-state index contributed by atoms with van der Waals surface area (Å²) in [4.78, 5) is 0. The number of hydrogen-bond acceptors (Lipinski definition) is 5. The van der Waals surface area contributed by atoms with E-state index in [2.05, 4.69) is 15.5 Å². The maximum absolute atomic E-state index is 12.1. The summed E-state index contributed by atoms with van der Waals surface area (Å²) in [7, 11) is 1.55. The predicted octanol–water partition coefficient (Wildman–Crippen LogP) is 1.29. The van der Waals surface area contributed by atoms with Crippen LogP contribution < -0.4 is 5.32 Å². The van der Waals surface area contributed by atoms with E-state index in [1.54, 1.807) is 7.11 Å². The first-order valence-electron chi connectivity index (χ1n) is 4.13. The zero-order valence-electron chi connectivity index (χ0n) is 7.97. The van der Waals surface area contributed by atoms with Gasteiger partial charge in [0.05, 0.1) is 6.61 Å². The summed E-state index contributed by atoms with van der Waals surface area (Å²) in [6.07, 6.45) is -4.40. The fraction of sp³-hybridized carbons (Fsp3) is 0.714. The molecule has 0 aromatic carbocycles. The molecule has 0 atom stereocenters. The molecule has 0 saturated heterocycles. The van der Waals surface area contributed by atoms with E-state index in [9.17, 15) is 13.2 Å². The predicted molar refractivity (Wildman–Crippen MR) is 48.5 cm³/mol. The second-order valence-corrected chi connectivity index (χ2v) is 3.73. The smallest absolute Gasteiger partial charge is 0.383 e. The number of nitrogens with one attached hydrogen (secondary N) is 1. The highest BCUT2D eigenvalue weighted by molar-refractivity contribution is 7.11. The van der Waals surface area contributed by atoms with Crippen LogP contribution in [-0.2, 0) is 17.5 Å². The summed E-state index contributed by atoms with van der Waals surface area (Å²) < 4.78 is 41.1. The Morgan fingerprint density at radius 1 is 1.40 bits per heavy atom. The van der Waals surface area contributed by atoms with Crippen LogP contribution in [0.5, 0.6) is 0 Å². The van der Waals surface area contributed by atoms with Gasteiger partial charge >= 0.3 is 6.18 Å². The van der Waals surface area contributed by atoms with Gasteiger partial charge in [-0.25, -0.2) is 0 Å². The fourth-order valence-corrected chi connectivity index (χ4v) is 1.49. The van der Waals surface area contributed by atoms with Gasteiger partial charge < -0.3 is 10.1 Å². The minimum absolute atomic E-state index is 0.275. The van der Waals surface area contributed by atoms with Gasteiger partial charge in [-0.15, -0.1) is 10.2 Å². The molecule has 0 spiro atoms. The molecule has 1 aromatic rings. The summed E-state index contributed by atoms with van der Waals surface area (Å²) in [6, 6.07) is 0. The molecule has 0 amide bonds. The molecule has 0 radical (unpaired) electrons. The molecule has 0 fully saturated rings. The van der Waals surface area contributed by atoms with Crippen molar-refractivity contribution in [3.05, 3.63) is 10.0 Å². The molecule has 0 aliphatic heterocycles. The van der Waals surface area contributed by atoms with Gasteiger partial charge in [-0.3, -0.25) is 0 Å². The third-order valence-corrected chi connectivity index (χ3v) is 2.44. The third-order valence-electron chi connectivity index (χ3n) is 1.47. The van der Waals surface area contributed by atoms with Crippen molar-refractivity contribution in [1.29, 1.82) is 0 Å². The number of halogens is 3. The van der Waals surface area contributed by atoms with Crippen LogP contribution in [0.4, 0.5) is 13.2 Å². The van der Waals surface area contributed by atoms with Crippen molar-refractivity contribution in [1.82, 2.24) is 15.5 Å². The zero-order chi connectivity index (χ0) is 11.3. The molecule has 15 heavy (non-hydrogen) atoms. The molecular weight excluding hydrogens is 231 g/mol. The molecule has 0 bridgehead atoms. The van der Waals surface area contributed by atoms with E-state index in [1.165, 1.54) is 0 Å². The monoisotopic (exact) mass is 241 g/mol. The first-order chi connectivity index (χ1) is 7.04. The van der Waals surface area contributed by atoms with Crippen LogP contribution in [0.2, 0.25) is 0 Å². The first-order valence-corrected chi connectivity index (χ1v) is 4.95. The summed E-state index contributed by atoms with van der Waals surface area (Å²) >= 11 is 0.547. The second kappa shape index (κ2) is 5.38. The van der Waals surface area contributed by atoms with Crippen molar-refractivity contribution in [2.45, 2.75) is 12.7 Å². The summed E-state index contributed by atoms with van der Waals surface area (Å²) in [5, 5.41) is 8.77.